The standard InChI is InChI=1S/C18H14N2S3/c21-15-5-1-13(2-6-15)19-11-17-9-10-18(23-17)12-20-14-3-7-16(22)8-4-14/h1-12,21-22H. The van der Waals surface area contributed by atoms with Crippen LogP contribution in [-0.2, 0) is 0 Å². The van der Waals surface area contributed by atoms with E-state index in [2.05, 4.69) is 35.2 Å². The summed E-state index contributed by atoms with van der Waals surface area (Å²) in [4.78, 5) is 13.0. The van der Waals surface area contributed by atoms with E-state index in [4.69, 9.17) is 0 Å². The third kappa shape index (κ3) is 4.82. The van der Waals surface area contributed by atoms with Gasteiger partial charge in [0, 0.05) is 32.0 Å². The van der Waals surface area contributed by atoms with Crippen molar-refractivity contribution in [2.24, 2.45) is 9.98 Å². The fraction of sp³-hybridized carbons (Fsp3) is 0. The van der Waals surface area contributed by atoms with E-state index < -0.39 is 0 Å². The lowest BCUT2D eigenvalue weighted by Crippen LogP contribution is -1.73. The van der Waals surface area contributed by atoms with Gasteiger partial charge >= 0.3 is 0 Å². The first-order valence-electron chi connectivity index (χ1n) is 6.95. The van der Waals surface area contributed by atoms with Crippen molar-refractivity contribution in [2.45, 2.75) is 9.79 Å². The van der Waals surface area contributed by atoms with Gasteiger partial charge in [-0.2, -0.15) is 0 Å². The summed E-state index contributed by atoms with van der Waals surface area (Å²) in [5.74, 6) is 0. The Bertz CT molecular complexity index is 761. The van der Waals surface area contributed by atoms with Crippen LogP contribution in [0.15, 0.2) is 80.4 Å². The van der Waals surface area contributed by atoms with Gasteiger partial charge in [-0.1, -0.05) is 0 Å². The van der Waals surface area contributed by atoms with Crippen LogP contribution in [0.1, 0.15) is 9.75 Å². The van der Waals surface area contributed by atoms with E-state index in [1.807, 2.05) is 73.1 Å². The number of thiophene rings is 1. The fourth-order valence-electron chi connectivity index (χ4n) is 1.86. The van der Waals surface area contributed by atoms with Gasteiger partial charge in [-0.25, -0.2) is 0 Å². The minimum absolute atomic E-state index is 0.915. The zero-order chi connectivity index (χ0) is 16.1. The van der Waals surface area contributed by atoms with Gasteiger partial charge in [-0.05, 0) is 60.7 Å². The van der Waals surface area contributed by atoms with Crippen molar-refractivity contribution in [3.63, 3.8) is 0 Å². The van der Waals surface area contributed by atoms with Gasteiger partial charge in [0.15, 0.2) is 0 Å². The molecular formula is C18H14N2S3. The fourth-order valence-corrected chi connectivity index (χ4v) is 2.91. The van der Waals surface area contributed by atoms with Gasteiger partial charge in [-0.15, -0.1) is 36.6 Å². The normalized spacial score (nSPS) is 11.6. The van der Waals surface area contributed by atoms with Crippen LogP contribution in [0.4, 0.5) is 11.4 Å². The summed E-state index contributed by atoms with van der Waals surface area (Å²) in [5.41, 5.74) is 1.83. The number of thiol groups is 2. The van der Waals surface area contributed by atoms with E-state index in [-0.39, 0.29) is 0 Å². The molecule has 23 heavy (non-hydrogen) atoms. The van der Waals surface area contributed by atoms with Gasteiger partial charge in [0.25, 0.3) is 0 Å². The minimum atomic E-state index is 0.915. The van der Waals surface area contributed by atoms with Crippen LogP contribution in [0.25, 0.3) is 0 Å². The van der Waals surface area contributed by atoms with Gasteiger partial charge < -0.3 is 0 Å². The molecule has 1 aromatic heterocycles. The van der Waals surface area contributed by atoms with Crippen LogP contribution >= 0.6 is 36.6 Å². The molecule has 0 saturated heterocycles. The van der Waals surface area contributed by atoms with Gasteiger partial charge in [-0.3, -0.25) is 9.98 Å². The summed E-state index contributed by atoms with van der Waals surface area (Å²) in [6.07, 6.45) is 3.73. The second kappa shape index (κ2) is 7.64. The highest BCUT2D eigenvalue weighted by molar-refractivity contribution is 7.80. The lowest BCUT2D eigenvalue weighted by molar-refractivity contribution is 1.43. The molecule has 3 aromatic rings. The number of aliphatic imine (C=N–C) groups is 2. The van der Waals surface area contributed by atoms with E-state index in [0.29, 0.717) is 0 Å². The second-order valence-electron chi connectivity index (χ2n) is 4.79. The Morgan fingerprint density at radius 3 is 1.39 bits per heavy atom. The highest BCUT2D eigenvalue weighted by atomic mass is 32.1. The first kappa shape index (κ1) is 16.1. The quantitative estimate of drug-likeness (QED) is 0.435. The Balaban J connectivity index is 1.68. The monoisotopic (exact) mass is 354 g/mol. The van der Waals surface area contributed by atoms with E-state index in [0.717, 1.165) is 30.9 Å². The predicted molar refractivity (Wildman–Crippen MR) is 106 cm³/mol. The molecule has 0 amide bonds. The average molecular weight is 355 g/mol. The van der Waals surface area contributed by atoms with Crippen LogP contribution in [0.2, 0.25) is 0 Å². The summed E-state index contributed by atoms with van der Waals surface area (Å²) < 4.78 is 0. The molecule has 0 aliphatic rings. The maximum absolute atomic E-state index is 4.46. The van der Waals surface area contributed by atoms with Crippen LogP contribution in [0.5, 0.6) is 0 Å². The van der Waals surface area contributed by atoms with Crippen LogP contribution in [0.3, 0.4) is 0 Å². The molecule has 2 aromatic carbocycles. The maximum Gasteiger partial charge on any atom is 0.0631 e. The Morgan fingerprint density at radius 1 is 0.609 bits per heavy atom. The van der Waals surface area contributed by atoms with Gasteiger partial charge in [0.2, 0.25) is 0 Å². The van der Waals surface area contributed by atoms with Crippen molar-refractivity contribution in [3.05, 3.63) is 70.4 Å². The maximum atomic E-state index is 4.46. The van der Waals surface area contributed by atoms with E-state index in [1.54, 1.807) is 11.3 Å². The number of benzene rings is 2. The van der Waals surface area contributed by atoms with E-state index >= 15 is 0 Å². The molecule has 114 valence electrons. The Labute approximate surface area is 150 Å². The lowest BCUT2D eigenvalue weighted by atomic mass is 10.3. The van der Waals surface area contributed by atoms with Crippen molar-refractivity contribution in [1.82, 2.24) is 0 Å². The van der Waals surface area contributed by atoms with Crippen molar-refractivity contribution < 1.29 is 0 Å². The topological polar surface area (TPSA) is 24.7 Å². The number of rotatable bonds is 4. The van der Waals surface area contributed by atoms with Crippen molar-refractivity contribution >= 4 is 60.4 Å². The summed E-state index contributed by atoms with van der Waals surface area (Å²) in [5, 5.41) is 0. The van der Waals surface area contributed by atoms with Gasteiger partial charge in [0.1, 0.15) is 0 Å². The second-order valence-corrected chi connectivity index (χ2v) is 6.97. The number of nitrogens with zero attached hydrogens (tertiary/aromatic N) is 2. The molecule has 0 aliphatic heterocycles. The summed E-state index contributed by atoms with van der Waals surface area (Å²) in [7, 11) is 0. The molecule has 0 aliphatic carbocycles. The first-order chi connectivity index (χ1) is 11.2. The number of hydrogen-bond donors (Lipinski definition) is 2. The average Bonchev–Trinajstić information content (AvgIpc) is 3.02. The molecule has 0 spiro atoms. The third-order valence-corrected chi connectivity index (χ3v) is 4.58. The zero-order valence-electron chi connectivity index (χ0n) is 12.1. The molecule has 0 radical (unpaired) electrons. The predicted octanol–water partition coefficient (Wildman–Crippen LogP) is 5.83. The molecule has 2 nitrogen and oxygen atoms in total. The smallest absolute Gasteiger partial charge is 0.0631 e. The summed E-state index contributed by atoms with van der Waals surface area (Å²) in [6.45, 7) is 0. The van der Waals surface area contributed by atoms with Gasteiger partial charge in [0.05, 0.1) is 11.4 Å². The largest absolute Gasteiger partial charge is 0.255 e. The molecule has 0 fully saturated rings. The first-order valence-corrected chi connectivity index (χ1v) is 8.66. The molecule has 0 N–H and O–H groups in total. The van der Waals surface area contributed by atoms with Crippen molar-refractivity contribution in [2.75, 3.05) is 0 Å². The molecule has 1 heterocycles. The third-order valence-electron chi connectivity index (χ3n) is 3.03. The SMILES string of the molecule is Sc1ccc(N=Cc2ccc(C=Nc3ccc(S)cc3)s2)cc1. The highest BCUT2D eigenvalue weighted by Crippen LogP contribution is 2.19. The van der Waals surface area contributed by atoms with Crippen molar-refractivity contribution in [1.29, 1.82) is 0 Å². The molecular weight excluding hydrogens is 340 g/mol. The molecule has 0 atom stereocenters. The summed E-state index contributed by atoms with van der Waals surface area (Å²) >= 11 is 10.2. The Hall–Kier alpha value is -1.82. The van der Waals surface area contributed by atoms with E-state index in [9.17, 15) is 0 Å². The van der Waals surface area contributed by atoms with Crippen molar-refractivity contribution in [3.8, 4) is 0 Å². The number of hydrogen-bond acceptors (Lipinski definition) is 5. The zero-order valence-corrected chi connectivity index (χ0v) is 14.7. The van der Waals surface area contributed by atoms with Crippen LogP contribution in [-0.4, -0.2) is 12.4 Å². The lowest BCUT2D eigenvalue weighted by Gasteiger charge is -1.93. The minimum Gasteiger partial charge on any atom is -0.255 e. The molecule has 0 saturated carbocycles. The Kier molecular flexibility index (Phi) is 5.33. The van der Waals surface area contributed by atoms with Crippen LogP contribution in [0, 0.1) is 0 Å². The Morgan fingerprint density at radius 2 is 1.00 bits per heavy atom. The van der Waals surface area contributed by atoms with Crippen LogP contribution < -0.4 is 0 Å². The molecule has 0 bridgehead atoms. The molecule has 3 rings (SSSR count). The molecule has 0 unspecified atom stereocenters. The highest BCUT2D eigenvalue weighted by Gasteiger charge is 1.96. The summed E-state index contributed by atoms with van der Waals surface area (Å²) in [6, 6.07) is 19.6. The van der Waals surface area contributed by atoms with E-state index in [1.165, 1.54) is 0 Å². The molecule has 5 heteroatoms.